The van der Waals surface area contributed by atoms with Crippen molar-refractivity contribution in [3.63, 3.8) is 0 Å². The number of halogens is 2. The van der Waals surface area contributed by atoms with Gasteiger partial charge in [-0.05, 0) is 18.6 Å². The van der Waals surface area contributed by atoms with E-state index in [-0.39, 0.29) is 6.10 Å². The minimum Gasteiger partial charge on any atom is -0.372 e. The largest absolute Gasteiger partial charge is 0.372 e. The van der Waals surface area contributed by atoms with Gasteiger partial charge in [0, 0.05) is 34.6 Å². The third-order valence-corrected chi connectivity index (χ3v) is 4.87. The van der Waals surface area contributed by atoms with Gasteiger partial charge in [0.2, 0.25) is 0 Å². The smallest absolute Gasteiger partial charge is 0.102 e. The molecule has 1 heterocycles. The highest BCUT2D eigenvalue weighted by Gasteiger charge is 2.16. The summed E-state index contributed by atoms with van der Waals surface area (Å²) in [4.78, 5) is 4.10. The van der Waals surface area contributed by atoms with Crippen molar-refractivity contribution in [3.8, 4) is 0 Å². The van der Waals surface area contributed by atoms with E-state index in [1.165, 1.54) is 38.5 Å². The molecule has 0 spiro atoms. The van der Waals surface area contributed by atoms with Gasteiger partial charge in [-0.2, -0.15) is 0 Å². The van der Waals surface area contributed by atoms with Gasteiger partial charge in [0.05, 0.1) is 12.9 Å². The monoisotopic (exact) mass is 382 g/mol. The zero-order chi connectivity index (χ0) is 17.9. The number of hydrogen-bond acceptors (Lipinski definition) is 2. The third-order valence-electron chi connectivity index (χ3n) is 4.31. The van der Waals surface area contributed by atoms with Crippen LogP contribution in [0.1, 0.15) is 63.5 Å². The first-order valence-electron chi connectivity index (χ1n) is 9.23. The number of benzene rings is 1. The number of unbranched alkanes of at least 4 members (excludes halogenated alkanes) is 6. The molecule has 0 bridgehead atoms. The maximum Gasteiger partial charge on any atom is 0.102 e. The lowest BCUT2D eigenvalue weighted by molar-refractivity contribution is 0.0380. The maximum atomic E-state index is 6.39. The average Bonchev–Trinajstić information content (AvgIpc) is 3.09. The number of aromatic nitrogens is 2. The van der Waals surface area contributed by atoms with Crippen LogP contribution in [-0.2, 0) is 11.3 Å². The predicted molar refractivity (Wildman–Crippen MR) is 105 cm³/mol. The molecular formula is C20H28Cl2N2O. The summed E-state index contributed by atoms with van der Waals surface area (Å²) in [5.74, 6) is 0. The Morgan fingerprint density at radius 1 is 1.08 bits per heavy atom. The van der Waals surface area contributed by atoms with Crippen LogP contribution in [0.2, 0.25) is 10.0 Å². The van der Waals surface area contributed by atoms with Crippen molar-refractivity contribution in [3.05, 3.63) is 52.5 Å². The standard InChI is InChI=1S/C20H28Cl2N2O/c1-2-3-4-5-6-7-8-13-25-20(15-24-12-11-23-16-24)18-10-9-17(21)14-19(18)22/h9-12,14,16,20H,2-8,13,15H2,1H3. The topological polar surface area (TPSA) is 27.1 Å². The van der Waals surface area contributed by atoms with Crippen LogP contribution in [0.4, 0.5) is 0 Å². The Morgan fingerprint density at radius 3 is 2.52 bits per heavy atom. The molecule has 25 heavy (non-hydrogen) atoms. The fraction of sp³-hybridized carbons (Fsp3) is 0.550. The molecule has 0 N–H and O–H groups in total. The third kappa shape index (κ3) is 7.39. The van der Waals surface area contributed by atoms with Gasteiger partial charge >= 0.3 is 0 Å². The van der Waals surface area contributed by atoms with Crippen LogP contribution in [0, 0.1) is 0 Å². The Morgan fingerprint density at radius 2 is 1.84 bits per heavy atom. The van der Waals surface area contributed by atoms with Crippen molar-refractivity contribution < 1.29 is 4.74 Å². The zero-order valence-electron chi connectivity index (χ0n) is 15.0. The Labute approximate surface area is 161 Å². The van der Waals surface area contributed by atoms with Crippen LogP contribution in [0.5, 0.6) is 0 Å². The first-order valence-corrected chi connectivity index (χ1v) is 9.98. The molecule has 0 radical (unpaired) electrons. The lowest BCUT2D eigenvalue weighted by Gasteiger charge is -2.20. The molecule has 0 aliphatic heterocycles. The normalized spacial score (nSPS) is 12.4. The lowest BCUT2D eigenvalue weighted by Crippen LogP contribution is -2.13. The fourth-order valence-corrected chi connectivity index (χ4v) is 3.40. The zero-order valence-corrected chi connectivity index (χ0v) is 16.5. The molecule has 0 aliphatic rings. The fourth-order valence-electron chi connectivity index (χ4n) is 2.87. The van der Waals surface area contributed by atoms with Gasteiger partial charge in [-0.3, -0.25) is 0 Å². The van der Waals surface area contributed by atoms with Crippen molar-refractivity contribution in [2.24, 2.45) is 0 Å². The summed E-state index contributed by atoms with van der Waals surface area (Å²) in [7, 11) is 0. The van der Waals surface area contributed by atoms with Crippen LogP contribution in [-0.4, -0.2) is 16.2 Å². The Bertz CT molecular complexity index is 602. The van der Waals surface area contributed by atoms with Gasteiger partial charge in [-0.25, -0.2) is 4.98 Å². The lowest BCUT2D eigenvalue weighted by atomic mass is 10.1. The number of nitrogens with zero attached hydrogens (tertiary/aromatic N) is 2. The van der Waals surface area contributed by atoms with Crippen LogP contribution in [0.15, 0.2) is 36.9 Å². The van der Waals surface area contributed by atoms with Gasteiger partial charge in [0.25, 0.3) is 0 Å². The van der Waals surface area contributed by atoms with Crippen LogP contribution in [0.25, 0.3) is 0 Å². The molecule has 2 rings (SSSR count). The molecular weight excluding hydrogens is 355 g/mol. The molecule has 1 unspecified atom stereocenters. The highest BCUT2D eigenvalue weighted by Crippen LogP contribution is 2.30. The number of imidazole rings is 1. The molecule has 0 fully saturated rings. The van der Waals surface area contributed by atoms with E-state index < -0.39 is 0 Å². The Balaban J connectivity index is 1.85. The number of ether oxygens (including phenoxy) is 1. The summed E-state index contributed by atoms with van der Waals surface area (Å²) in [6.07, 6.45) is 14.3. The van der Waals surface area contributed by atoms with Crippen molar-refractivity contribution in [2.75, 3.05) is 6.61 Å². The van der Waals surface area contributed by atoms with Gasteiger partial charge in [-0.15, -0.1) is 0 Å². The Hall–Kier alpha value is -1.03. The van der Waals surface area contributed by atoms with Crippen molar-refractivity contribution in [2.45, 2.75) is 64.5 Å². The van der Waals surface area contributed by atoms with Crippen LogP contribution in [0.3, 0.4) is 0 Å². The molecule has 2 aromatic rings. The van der Waals surface area contributed by atoms with Gasteiger partial charge in [0.15, 0.2) is 0 Å². The first kappa shape index (κ1) is 20.3. The predicted octanol–water partition coefficient (Wildman–Crippen LogP) is 6.70. The average molecular weight is 383 g/mol. The highest BCUT2D eigenvalue weighted by atomic mass is 35.5. The van der Waals surface area contributed by atoms with E-state index in [0.29, 0.717) is 16.6 Å². The van der Waals surface area contributed by atoms with Gasteiger partial charge in [0.1, 0.15) is 6.10 Å². The van der Waals surface area contributed by atoms with E-state index in [1.54, 1.807) is 18.6 Å². The van der Waals surface area contributed by atoms with E-state index in [1.807, 2.05) is 22.9 Å². The molecule has 1 aromatic heterocycles. The number of hydrogen-bond donors (Lipinski definition) is 0. The van der Waals surface area contributed by atoms with Crippen LogP contribution < -0.4 is 0 Å². The first-order chi connectivity index (χ1) is 12.2. The summed E-state index contributed by atoms with van der Waals surface area (Å²) in [6, 6.07) is 5.59. The number of rotatable bonds is 12. The van der Waals surface area contributed by atoms with Crippen molar-refractivity contribution in [1.82, 2.24) is 9.55 Å². The highest BCUT2D eigenvalue weighted by molar-refractivity contribution is 6.35. The quantitative estimate of drug-likeness (QED) is 0.381. The molecule has 1 atom stereocenters. The minimum atomic E-state index is -0.0981. The second kappa shape index (κ2) is 11.6. The van der Waals surface area contributed by atoms with E-state index in [4.69, 9.17) is 27.9 Å². The van der Waals surface area contributed by atoms with E-state index in [9.17, 15) is 0 Å². The molecule has 0 saturated heterocycles. The van der Waals surface area contributed by atoms with E-state index >= 15 is 0 Å². The van der Waals surface area contributed by atoms with Crippen LogP contribution >= 0.6 is 23.2 Å². The molecule has 0 amide bonds. The molecule has 3 nitrogen and oxygen atoms in total. The second-order valence-electron chi connectivity index (χ2n) is 6.41. The van der Waals surface area contributed by atoms with Crippen molar-refractivity contribution in [1.29, 1.82) is 0 Å². The van der Waals surface area contributed by atoms with E-state index in [0.717, 1.165) is 18.6 Å². The van der Waals surface area contributed by atoms with E-state index in [2.05, 4.69) is 11.9 Å². The molecule has 0 aliphatic carbocycles. The summed E-state index contributed by atoms with van der Waals surface area (Å²) in [6.45, 7) is 3.68. The maximum absolute atomic E-state index is 6.39. The van der Waals surface area contributed by atoms with Gasteiger partial charge < -0.3 is 9.30 Å². The second-order valence-corrected chi connectivity index (χ2v) is 7.25. The minimum absolute atomic E-state index is 0.0981. The SMILES string of the molecule is CCCCCCCCCOC(Cn1ccnc1)c1ccc(Cl)cc1Cl. The summed E-state index contributed by atoms with van der Waals surface area (Å²) in [5, 5.41) is 1.29. The molecule has 5 heteroatoms. The summed E-state index contributed by atoms with van der Waals surface area (Å²) < 4.78 is 8.19. The van der Waals surface area contributed by atoms with Gasteiger partial charge in [-0.1, -0.05) is 74.7 Å². The van der Waals surface area contributed by atoms with Crippen molar-refractivity contribution >= 4 is 23.2 Å². The molecule has 138 valence electrons. The Kier molecular flexibility index (Phi) is 9.38. The summed E-state index contributed by atoms with van der Waals surface area (Å²) >= 11 is 12.4. The molecule has 0 saturated carbocycles. The molecule has 1 aromatic carbocycles. The summed E-state index contributed by atoms with van der Waals surface area (Å²) in [5.41, 5.74) is 0.975.